The maximum Gasteiger partial charge on any atom is 0.337 e. The minimum atomic E-state index is -0.383. The Bertz CT molecular complexity index is 323. The Morgan fingerprint density at radius 2 is 2.20 bits per heavy atom. The SMILES string of the molecule is CCC1NC(=O)N(C)C(C)=C1C(=O)OC. The zero-order valence-electron chi connectivity index (χ0n) is 9.46. The van der Waals surface area contributed by atoms with Crippen molar-refractivity contribution in [2.75, 3.05) is 14.2 Å². The summed E-state index contributed by atoms with van der Waals surface area (Å²) >= 11 is 0. The van der Waals surface area contributed by atoms with Crippen LogP contribution in [0, 0.1) is 0 Å². The van der Waals surface area contributed by atoms with Gasteiger partial charge in [0, 0.05) is 12.7 Å². The zero-order valence-corrected chi connectivity index (χ0v) is 9.46. The van der Waals surface area contributed by atoms with Crippen molar-refractivity contribution >= 4 is 12.0 Å². The zero-order chi connectivity index (χ0) is 11.6. The van der Waals surface area contributed by atoms with Gasteiger partial charge in [0.05, 0.1) is 18.7 Å². The molecule has 1 N–H and O–H groups in total. The summed E-state index contributed by atoms with van der Waals surface area (Å²) in [5.41, 5.74) is 1.18. The molecule has 0 saturated heterocycles. The van der Waals surface area contributed by atoms with Crippen molar-refractivity contribution in [1.29, 1.82) is 0 Å². The van der Waals surface area contributed by atoms with E-state index in [1.807, 2.05) is 6.92 Å². The lowest BCUT2D eigenvalue weighted by Gasteiger charge is -2.32. The molecule has 1 heterocycles. The topological polar surface area (TPSA) is 58.6 Å². The van der Waals surface area contributed by atoms with Gasteiger partial charge in [-0.1, -0.05) is 6.92 Å². The van der Waals surface area contributed by atoms with Crippen LogP contribution in [0.15, 0.2) is 11.3 Å². The lowest BCUT2D eigenvalue weighted by Crippen LogP contribution is -2.50. The van der Waals surface area contributed by atoms with Gasteiger partial charge in [-0.2, -0.15) is 0 Å². The molecule has 0 radical (unpaired) electrons. The molecule has 15 heavy (non-hydrogen) atoms. The minimum Gasteiger partial charge on any atom is -0.466 e. The molecule has 5 heteroatoms. The number of carbonyl (C=O) groups excluding carboxylic acids is 2. The van der Waals surface area contributed by atoms with Crippen LogP contribution < -0.4 is 5.32 Å². The third-order valence-corrected chi connectivity index (χ3v) is 2.66. The van der Waals surface area contributed by atoms with Crippen molar-refractivity contribution in [3.05, 3.63) is 11.3 Å². The number of ether oxygens (including phenoxy) is 1. The Kier molecular flexibility index (Phi) is 3.34. The van der Waals surface area contributed by atoms with Crippen LogP contribution in [-0.4, -0.2) is 37.1 Å². The first kappa shape index (κ1) is 11.6. The van der Waals surface area contributed by atoms with Crippen LogP contribution in [0.25, 0.3) is 0 Å². The van der Waals surface area contributed by atoms with E-state index < -0.39 is 0 Å². The Hall–Kier alpha value is -1.52. The number of carbonyl (C=O) groups is 2. The fraction of sp³-hybridized carbons (Fsp3) is 0.600. The first-order valence-corrected chi connectivity index (χ1v) is 4.86. The molecule has 0 saturated carbocycles. The fourth-order valence-electron chi connectivity index (χ4n) is 1.61. The third kappa shape index (κ3) is 1.95. The normalized spacial score (nSPS) is 21.5. The van der Waals surface area contributed by atoms with Crippen molar-refractivity contribution in [2.24, 2.45) is 0 Å². The van der Waals surface area contributed by atoms with E-state index in [1.54, 1.807) is 14.0 Å². The molecule has 0 bridgehead atoms. The summed E-state index contributed by atoms with van der Waals surface area (Å²) in [5.74, 6) is -0.383. The van der Waals surface area contributed by atoms with E-state index in [1.165, 1.54) is 12.0 Å². The Labute approximate surface area is 89.1 Å². The van der Waals surface area contributed by atoms with Gasteiger partial charge in [-0.3, -0.25) is 0 Å². The molecule has 0 aliphatic carbocycles. The highest BCUT2D eigenvalue weighted by Crippen LogP contribution is 2.20. The van der Waals surface area contributed by atoms with Gasteiger partial charge >= 0.3 is 12.0 Å². The molecule has 0 aromatic heterocycles. The molecule has 1 atom stereocenters. The summed E-state index contributed by atoms with van der Waals surface area (Å²) < 4.78 is 4.70. The largest absolute Gasteiger partial charge is 0.466 e. The molecular formula is C10H16N2O3. The van der Waals surface area contributed by atoms with Crippen LogP contribution in [0.3, 0.4) is 0 Å². The minimum absolute atomic E-state index is 0.188. The highest BCUT2D eigenvalue weighted by molar-refractivity contribution is 5.94. The van der Waals surface area contributed by atoms with Crippen LogP contribution >= 0.6 is 0 Å². The molecule has 0 fully saturated rings. The average molecular weight is 212 g/mol. The Morgan fingerprint density at radius 3 is 2.67 bits per heavy atom. The molecule has 1 aliphatic heterocycles. The van der Waals surface area contributed by atoms with Gasteiger partial charge in [0.25, 0.3) is 0 Å². The van der Waals surface area contributed by atoms with Crippen molar-refractivity contribution in [3.8, 4) is 0 Å². The quantitative estimate of drug-likeness (QED) is 0.691. The first-order valence-electron chi connectivity index (χ1n) is 4.86. The van der Waals surface area contributed by atoms with Gasteiger partial charge in [-0.25, -0.2) is 9.59 Å². The first-order chi connectivity index (χ1) is 7.02. The smallest absolute Gasteiger partial charge is 0.337 e. The summed E-state index contributed by atoms with van der Waals surface area (Å²) in [5, 5.41) is 2.74. The molecule has 1 rings (SSSR count). The number of amides is 2. The van der Waals surface area contributed by atoms with E-state index in [0.29, 0.717) is 17.7 Å². The van der Waals surface area contributed by atoms with Gasteiger partial charge in [0.15, 0.2) is 0 Å². The molecule has 0 aromatic rings. The molecule has 0 spiro atoms. The lowest BCUT2D eigenvalue weighted by molar-refractivity contribution is -0.136. The van der Waals surface area contributed by atoms with Crippen LogP contribution in [0.4, 0.5) is 4.79 Å². The summed E-state index contributed by atoms with van der Waals surface area (Å²) in [6, 6.07) is -0.437. The van der Waals surface area contributed by atoms with E-state index in [0.717, 1.165) is 0 Å². The molecule has 1 aliphatic rings. The summed E-state index contributed by atoms with van der Waals surface area (Å²) in [4.78, 5) is 24.4. The van der Waals surface area contributed by atoms with Gasteiger partial charge in [0.1, 0.15) is 0 Å². The van der Waals surface area contributed by atoms with E-state index >= 15 is 0 Å². The van der Waals surface area contributed by atoms with E-state index in [2.05, 4.69) is 5.32 Å². The maximum absolute atomic E-state index is 11.5. The van der Waals surface area contributed by atoms with E-state index in [4.69, 9.17) is 4.74 Å². The second-order valence-corrected chi connectivity index (χ2v) is 3.46. The fourth-order valence-corrected chi connectivity index (χ4v) is 1.61. The second kappa shape index (κ2) is 4.33. The van der Waals surface area contributed by atoms with Gasteiger partial charge in [0.2, 0.25) is 0 Å². The summed E-state index contributed by atoms with van der Waals surface area (Å²) in [6.45, 7) is 3.65. The number of nitrogens with zero attached hydrogens (tertiary/aromatic N) is 1. The van der Waals surface area contributed by atoms with Crippen molar-refractivity contribution < 1.29 is 14.3 Å². The van der Waals surface area contributed by atoms with Gasteiger partial charge < -0.3 is 15.0 Å². The maximum atomic E-state index is 11.5. The van der Waals surface area contributed by atoms with Crippen molar-refractivity contribution in [1.82, 2.24) is 10.2 Å². The number of hydrogen-bond acceptors (Lipinski definition) is 3. The van der Waals surface area contributed by atoms with Crippen molar-refractivity contribution in [3.63, 3.8) is 0 Å². The number of hydrogen-bond donors (Lipinski definition) is 1. The van der Waals surface area contributed by atoms with E-state index in [-0.39, 0.29) is 18.0 Å². The standard InChI is InChI=1S/C10H16N2O3/c1-5-7-8(9(13)15-4)6(2)12(3)10(14)11-7/h7H,5H2,1-4H3,(H,11,14). The highest BCUT2D eigenvalue weighted by Gasteiger charge is 2.32. The summed E-state index contributed by atoms with van der Waals surface area (Å²) in [7, 11) is 2.96. The van der Waals surface area contributed by atoms with Crippen molar-refractivity contribution in [2.45, 2.75) is 26.3 Å². The number of urea groups is 1. The molecule has 0 aromatic carbocycles. The molecule has 84 valence electrons. The Balaban J connectivity index is 3.14. The number of nitrogens with one attached hydrogen (secondary N) is 1. The number of esters is 1. The number of rotatable bonds is 2. The number of allylic oxidation sites excluding steroid dienone is 1. The summed E-state index contributed by atoms with van der Waals surface area (Å²) in [6.07, 6.45) is 0.668. The number of methoxy groups -OCH3 is 1. The third-order valence-electron chi connectivity index (χ3n) is 2.66. The van der Waals surface area contributed by atoms with E-state index in [9.17, 15) is 9.59 Å². The monoisotopic (exact) mass is 212 g/mol. The molecule has 5 nitrogen and oxygen atoms in total. The van der Waals surface area contributed by atoms with Crippen LogP contribution in [-0.2, 0) is 9.53 Å². The molecule has 1 unspecified atom stereocenters. The predicted molar refractivity (Wildman–Crippen MR) is 55.1 cm³/mol. The van der Waals surface area contributed by atoms with Gasteiger partial charge in [-0.05, 0) is 13.3 Å². The molecule has 2 amide bonds. The van der Waals surface area contributed by atoms with Gasteiger partial charge in [-0.15, -0.1) is 0 Å². The lowest BCUT2D eigenvalue weighted by atomic mass is 10.0. The highest BCUT2D eigenvalue weighted by atomic mass is 16.5. The van der Waals surface area contributed by atoms with Crippen LogP contribution in [0.5, 0.6) is 0 Å². The second-order valence-electron chi connectivity index (χ2n) is 3.46. The predicted octanol–water partition coefficient (Wildman–Crippen LogP) is 0.867. The Morgan fingerprint density at radius 1 is 1.60 bits per heavy atom. The average Bonchev–Trinajstić information content (AvgIpc) is 2.24. The molecular weight excluding hydrogens is 196 g/mol. The van der Waals surface area contributed by atoms with Crippen LogP contribution in [0.2, 0.25) is 0 Å². The van der Waals surface area contributed by atoms with Crippen LogP contribution in [0.1, 0.15) is 20.3 Å².